The molecule has 3 N–H and O–H groups in total. The van der Waals surface area contributed by atoms with Crippen LogP contribution in [0.5, 0.6) is 0 Å². The second kappa shape index (κ2) is 7.14. The van der Waals surface area contributed by atoms with Gasteiger partial charge in [0.25, 0.3) is 0 Å². The van der Waals surface area contributed by atoms with Gasteiger partial charge >= 0.3 is 0 Å². The summed E-state index contributed by atoms with van der Waals surface area (Å²) in [6, 6.07) is 2.08. The number of rotatable bonds is 4. The van der Waals surface area contributed by atoms with Crippen LogP contribution in [0, 0.1) is 5.82 Å². The summed E-state index contributed by atoms with van der Waals surface area (Å²) in [7, 11) is 0. The molecule has 0 saturated carbocycles. The standard InChI is InChI=1S/C10H14FN3O.ClH/c1-2-3-8(12)10(15)14-9-5-4-7(11)6-13-9;/h4-6,8H,2-3,12H2,1H3,(H,13,14,15);1H. The Labute approximate surface area is 99.8 Å². The number of anilines is 1. The molecule has 0 aliphatic heterocycles. The SMILES string of the molecule is CCCC(N)C(=O)Nc1ccc(F)cn1.Cl. The lowest BCUT2D eigenvalue weighted by molar-refractivity contribution is -0.117. The summed E-state index contributed by atoms with van der Waals surface area (Å²) in [6.07, 6.45) is 2.50. The van der Waals surface area contributed by atoms with E-state index in [1.54, 1.807) is 0 Å². The number of carbonyl (C=O) groups is 1. The smallest absolute Gasteiger partial charge is 0.242 e. The van der Waals surface area contributed by atoms with Gasteiger partial charge in [-0.05, 0) is 18.6 Å². The molecule has 0 saturated heterocycles. The van der Waals surface area contributed by atoms with Crippen molar-refractivity contribution >= 4 is 24.1 Å². The van der Waals surface area contributed by atoms with E-state index < -0.39 is 11.9 Å². The lowest BCUT2D eigenvalue weighted by Gasteiger charge is -2.10. The number of halogens is 2. The van der Waals surface area contributed by atoms with Crippen LogP contribution in [0.1, 0.15) is 19.8 Å². The van der Waals surface area contributed by atoms with Crippen molar-refractivity contribution in [1.29, 1.82) is 0 Å². The number of amides is 1. The molecule has 1 unspecified atom stereocenters. The Balaban J connectivity index is 0.00000225. The van der Waals surface area contributed by atoms with Gasteiger partial charge in [0, 0.05) is 0 Å². The molecule has 0 aliphatic carbocycles. The zero-order chi connectivity index (χ0) is 11.3. The van der Waals surface area contributed by atoms with E-state index in [0.717, 1.165) is 12.6 Å². The molecule has 1 amide bonds. The van der Waals surface area contributed by atoms with Crippen molar-refractivity contribution in [1.82, 2.24) is 4.98 Å². The monoisotopic (exact) mass is 247 g/mol. The number of nitrogens with two attached hydrogens (primary N) is 1. The minimum atomic E-state index is -0.540. The highest BCUT2D eigenvalue weighted by atomic mass is 35.5. The Kier molecular flexibility index (Phi) is 6.60. The van der Waals surface area contributed by atoms with Crippen LogP contribution in [0.2, 0.25) is 0 Å². The maximum atomic E-state index is 12.5. The molecule has 0 bridgehead atoms. The predicted octanol–water partition coefficient (Wildman–Crippen LogP) is 1.71. The van der Waals surface area contributed by atoms with Crippen LogP contribution in [0.4, 0.5) is 10.2 Å². The highest BCUT2D eigenvalue weighted by Crippen LogP contribution is 2.04. The molecule has 1 rings (SSSR count). The van der Waals surface area contributed by atoms with Gasteiger partial charge in [-0.25, -0.2) is 9.37 Å². The topological polar surface area (TPSA) is 68.0 Å². The molecule has 1 aromatic rings. The number of nitrogens with zero attached hydrogens (tertiary/aromatic N) is 1. The molecule has 1 atom stereocenters. The summed E-state index contributed by atoms with van der Waals surface area (Å²) < 4.78 is 12.5. The average molecular weight is 248 g/mol. The van der Waals surface area contributed by atoms with Crippen molar-refractivity contribution in [3.63, 3.8) is 0 Å². The van der Waals surface area contributed by atoms with Gasteiger partial charge in [-0.3, -0.25) is 4.79 Å². The summed E-state index contributed by atoms with van der Waals surface area (Å²) in [5.74, 6) is -0.422. The zero-order valence-corrected chi connectivity index (χ0v) is 9.76. The van der Waals surface area contributed by atoms with E-state index in [4.69, 9.17) is 5.73 Å². The van der Waals surface area contributed by atoms with Gasteiger partial charge in [0.15, 0.2) is 0 Å². The highest BCUT2D eigenvalue weighted by molar-refractivity contribution is 5.93. The summed E-state index contributed by atoms with van der Waals surface area (Å²) in [6.45, 7) is 1.95. The molecule has 0 radical (unpaired) electrons. The quantitative estimate of drug-likeness (QED) is 0.851. The first-order chi connectivity index (χ1) is 7.13. The number of hydrogen-bond donors (Lipinski definition) is 2. The molecule has 90 valence electrons. The van der Waals surface area contributed by atoms with E-state index in [2.05, 4.69) is 10.3 Å². The minimum absolute atomic E-state index is 0. The van der Waals surface area contributed by atoms with Crippen molar-refractivity contribution in [2.75, 3.05) is 5.32 Å². The van der Waals surface area contributed by atoms with E-state index in [9.17, 15) is 9.18 Å². The third-order valence-electron chi connectivity index (χ3n) is 1.92. The second-order valence-electron chi connectivity index (χ2n) is 3.25. The molecular formula is C10H15ClFN3O. The molecule has 0 fully saturated rings. The molecule has 4 nitrogen and oxygen atoms in total. The zero-order valence-electron chi connectivity index (χ0n) is 8.94. The van der Waals surface area contributed by atoms with Crippen molar-refractivity contribution in [3.8, 4) is 0 Å². The van der Waals surface area contributed by atoms with Gasteiger partial charge in [0.1, 0.15) is 11.6 Å². The number of carbonyl (C=O) groups excluding carboxylic acids is 1. The maximum Gasteiger partial charge on any atom is 0.242 e. The van der Waals surface area contributed by atoms with Gasteiger partial charge in [-0.2, -0.15) is 0 Å². The van der Waals surface area contributed by atoms with Crippen molar-refractivity contribution < 1.29 is 9.18 Å². The molecule has 6 heteroatoms. The minimum Gasteiger partial charge on any atom is -0.320 e. The van der Waals surface area contributed by atoms with Gasteiger partial charge < -0.3 is 11.1 Å². The molecule has 1 heterocycles. The van der Waals surface area contributed by atoms with Crippen LogP contribution in [0.15, 0.2) is 18.3 Å². The van der Waals surface area contributed by atoms with E-state index in [1.807, 2.05) is 6.92 Å². The number of aromatic nitrogens is 1. The average Bonchev–Trinajstić information content (AvgIpc) is 2.22. The fourth-order valence-corrected chi connectivity index (χ4v) is 1.11. The fourth-order valence-electron chi connectivity index (χ4n) is 1.11. The molecule has 0 spiro atoms. The Morgan fingerprint density at radius 1 is 1.62 bits per heavy atom. The first kappa shape index (κ1) is 14.8. The van der Waals surface area contributed by atoms with Crippen LogP contribution in [-0.4, -0.2) is 16.9 Å². The van der Waals surface area contributed by atoms with E-state index >= 15 is 0 Å². The molecular weight excluding hydrogens is 233 g/mol. The Hall–Kier alpha value is -1.20. The van der Waals surface area contributed by atoms with Crippen LogP contribution in [0.25, 0.3) is 0 Å². The van der Waals surface area contributed by atoms with Gasteiger partial charge in [0.05, 0.1) is 12.2 Å². The van der Waals surface area contributed by atoms with Gasteiger partial charge in [0.2, 0.25) is 5.91 Å². The fraction of sp³-hybridized carbons (Fsp3) is 0.400. The van der Waals surface area contributed by atoms with E-state index in [1.165, 1.54) is 12.1 Å². The third-order valence-corrected chi connectivity index (χ3v) is 1.92. The summed E-state index contributed by atoms with van der Waals surface area (Å²) in [4.78, 5) is 15.1. The Bertz CT molecular complexity index is 331. The van der Waals surface area contributed by atoms with Crippen LogP contribution in [-0.2, 0) is 4.79 Å². The molecule has 1 aromatic heterocycles. The van der Waals surface area contributed by atoms with Gasteiger partial charge in [-0.15, -0.1) is 12.4 Å². The Morgan fingerprint density at radius 3 is 2.81 bits per heavy atom. The van der Waals surface area contributed by atoms with Crippen molar-refractivity contribution in [2.24, 2.45) is 5.73 Å². The van der Waals surface area contributed by atoms with Crippen LogP contribution >= 0.6 is 12.4 Å². The lowest BCUT2D eigenvalue weighted by Crippen LogP contribution is -2.35. The van der Waals surface area contributed by atoms with Crippen molar-refractivity contribution in [3.05, 3.63) is 24.1 Å². The van der Waals surface area contributed by atoms with Crippen molar-refractivity contribution in [2.45, 2.75) is 25.8 Å². The summed E-state index contributed by atoms with van der Waals surface area (Å²) >= 11 is 0. The molecule has 16 heavy (non-hydrogen) atoms. The first-order valence-electron chi connectivity index (χ1n) is 4.81. The first-order valence-corrected chi connectivity index (χ1v) is 4.81. The normalized spacial score (nSPS) is 11.4. The summed E-state index contributed by atoms with van der Waals surface area (Å²) in [5, 5.41) is 2.51. The third kappa shape index (κ3) is 4.55. The maximum absolute atomic E-state index is 12.5. The van der Waals surface area contributed by atoms with Crippen LogP contribution < -0.4 is 11.1 Å². The second-order valence-corrected chi connectivity index (χ2v) is 3.25. The molecule has 0 aromatic carbocycles. The highest BCUT2D eigenvalue weighted by Gasteiger charge is 2.12. The van der Waals surface area contributed by atoms with Gasteiger partial charge in [-0.1, -0.05) is 13.3 Å². The number of pyridine rings is 1. The predicted molar refractivity (Wildman–Crippen MR) is 63.0 cm³/mol. The number of nitrogens with one attached hydrogen (secondary N) is 1. The van der Waals surface area contributed by atoms with E-state index in [0.29, 0.717) is 12.2 Å². The van der Waals surface area contributed by atoms with E-state index in [-0.39, 0.29) is 18.3 Å². The number of hydrogen-bond acceptors (Lipinski definition) is 3. The largest absolute Gasteiger partial charge is 0.320 e. The Morgan fingerprint density at radius 2 is 2.31 bits per heavy atom. The van der Waals surface area contributed by atoms with Crippen LogP contribution in [0.3, 0.4) is 0 Å². The lowest BCUT2D eigenvalue weighted by atomic mass is 10.2. The molecule has 0 aliphatic rings. The summed E-state index contributed by atoms with van der Waals surface area (Å²) in [5.41, 5.74) is 5.59.